The molecule has 0 heterocycles. The van der Waals surface area contributed by atoms with Crippen LogP contribution in [0.2, 0.25) is 0 Å². The van der Waals surface area contributed by atoms with Crippen molar-refractivity contribution >= 4 is 24.3 Å². The van der Waals surface area contributed by atoms with Crippen LogP contribution in [0.5, 0.6) is 0 Å². The molecular weight excluding hydrogens is 256 g/mol. The van der Waals surface area contributed by atoms with E-state index in [1.165, 1.54) is 0 Å². The van der Waals surface area contributed by atoms with Crippen molar-refractivity contribution in [3.63, 3.8) is 0 Å². The van der Waals surface area contributed by atoms with Gasteiger partial charge in [-0.15, -0.1) is 12.4 Å². The summed E-state index contributed by atoms with van der Waals surface area (Å²) in [5.41, 5.74) is 5.76. The van der Waals surface area contributed by atoms with Gasteiger partial charge in [-0.3, -0.25) is 9.59 Å². The minimum atomic E-state index is -0.470. The lowest BCUT2D eigenvalue weighted by molar-refractivity contribution is -0.143. The van der Waals surface area contributed by atoms with Gasteiger partial charge < -0.3 is 15.8 Å². The third-order valence-corrected chi connectivity index (χ3v) is 2.72. The molecule has 0 radical (unpaired) electrons. The van der Waals surface area contributed by atoms with E-state index in [4.69, 9.17) is 10.5 Å². The maximum atomic E-state index is 11.6. The first kappa shape index (κ1) is 19.5. The Balaban J connectivity index is 0. The van der Waals surface area contributed by atoms with Gasteiger partial charge in [-0.2, -0.15) is 0 Å². The van der Waals surface area contributed by atoms with Crippen molar-refractivity contribution < 1.29 is 14.3 Å². The molecule has 0 aliphatic heterocycles. The van der Waals surface area contributed by atoms with Gasteiger partial charge in [0.15, 0.2) is 0 Å². The Bertz CT molecular complexity index is 249. The van der Waals surface area contributed by atoms with Crippen molar-refractivity contribution in [2.24, 2.45) is 11.7 Å². The molecule has 108 valence electrons. The number of esters is 1. The van der Waals surface area contributed by atoms with Gasteiger partial charge in [0, 0.05) is 13.0 Å². The van der Waals surface area contributed by atoms with E-state index in [2.05, 4.69) is 5.32 Å². The topological polar surface area (TPSA) is 81.4 Å². The van der Waals surface area contributed by atoms with Gasteiger partial charge in [0.05, 0.1) is 12.6 Å². The van der Waals surface area contributed by atoms with Gasteiger partial charge in [0.2, 0.25) is 5.91 Å². The molecule has 2 unspecified atom stereocenters. The Morgan fingerprint density at radius 2 is 1.94 bits per heavy atom. The number of amides is 1. The Hall–Kier alpha value is -0.810. The maximum Gasteiger partial charge on any atom is 0.305 e. The summed E-state index contributed by atoms with van der Waals surface area (Å²) >= 11 is 0. The number of ether oxygens (including phenoxy) is 1. The fraction of sp³-hybridized carbons (Fsp3) is 0.833. The third kappa shape index (κ3) is 8.31. The molecule has 0 aromatic rings. The van der Waals surface area contributed by atoms with Gasteiger partial charge in [-0.25, -0.2) is 0 Å². The number of halogens is 1. The number of nitrogens with two attached hydrogens (primary N) is 1. The summed E-state index contributed by atoms with van der Waals surface area (Å²) in [7, 11) is 0. The average Bonchev–Trinajstić information content (AvgIpc) is 2.32. The molecule has 0 saturated carbocycles. The number of nitrogens with one attached hydrogen (secondary N) is 1. The van der Waals surface area contributed by atoms with Crippen LogP contribution in [0.25, 0.3) is 0 Å². The van der Waals surface area contributed by atoms with E-state index in [9.17, 15) is 9.59 Å². The smallest absolute Gasteiger partial charge is 0.305 e. The van der Waals surface area contributed by atoms with Crippen LogP contribution < -0.4 is 11.1 Å². The lowest BCUT2D eigenvalue weighted by atomic mass is 9.99. The SMILES string of the molecule is CCOC(=O)CCCNC(=O)C(N)C(C)CC.Cl. The van der Waals surface area contributed by atoms with Gasteiger partial charge in [-0.1, -0.05) is 20.3 Å². The Kier molecular flexibility index (Phi) is 12.2. The summed E-state index contributed by atoms with van der Waals surface area (Å²) in [4.78, 5) is 22.6. The molecule has 0 aliphatic rings. The van der Waals surface area contributed by atoms with E-state index in [0.29, 0.717) is 26.0 Å². The zero-order valence-electron chi connectivity index (χ0n) is 11.4. The second kappa shape index (κ2) is 11.3. The highest BCUT2D eigenvalue weighted by atomic mass is 35.5. The molecule has 0 aromatic carbocycles. The molecule has 0 aliphatic carbocycles. The molecule has 18 heavy (non-hydrogen) atoms. The van der Waals surface area contributed by atoms with Crippen molar-refractivity contribution in [1.82, 2.24) is 5.32 Å². The summed E-state index contributed by atoms with van der Waals surface area (Å²) in [6.07, 6.45) is 1.78. The number of hydrogen-bond donors (Lipinski definition) is 2. The summed E-state index contributed by atoms with van der Waals surface area (Å²) in [6, 6.07) is -0.470. The molecule has 0 bridgehead atoms. The average molecular weight is 281 g/mol. The molecule has 1 amide bonds. The van der Waals surface area contributed by atoms with Gasteiger partial charge >= 0.3 is 5.97 Å². The highest BCUT2D eigenvalue weighted by Gasteiger charge is 2.18. The number of hydrogen-bond acceptors (Lipinski definition) is 4. The molecule has 0 spiro atoms. The molecule has 0 rings (SSSR count). The van der Waals surface area contributed by atoms with E-state index in [0.717, 1.165) is 6.42 Å². The fourth-order valence-electron chi connectivity index (χ4n) is 1.31. The standard InChI is InChI=1S/C12H24N2O3.ClH/c1-4-9(3)11(13)12(16)14-8-6-7-10(15)17-5-2;/h9,11H,4-8,13H2,1-3H3,(H,14,16);1H. The van der Waals surface area contributed by atoms with Crippen LogP contribution in [-0.4, -0.2) is 31.1 Å². The minimum Gasteiger partial charge on any atom is -0.466 e. The molecule has 0 fully saturated rings. The molecule has 3 N–H and O–H groups in total. The quantitative estimate of drug-likeness (QED) is 0.518. The summed E-state index contributed by atoms with van der Waals surface area (Å²) in [5.74, 6) is -0.212. The van der Waals surface area contributed by atoms with Crippen LogP contribution in [-0.2, 0) is 14.3 Å². The zero-order valence-corrected chi connectivity index (χ0v) is 12.2. The zero-order chi connectivity index (χ0) is 13.3. The lowest BCUT2D eigenvalue weighted by Crippen LogP contribution is -2.44. The van der Waals surface area contributed by atoms with Crippen molar-refractivity contribution in [1.29, 1.82) is 0 Å². The van der Waals surface area contributed by atoms with Crippen LogP contribution >= 0.6 is 12.4 Å². The second-order valence-corrected chi connectivity index (χ2v) is 4.11. The Labute approximate surface area is 115 Å². The Morgan fingerprint density at radius 3 is 2.44 bits per heavy atom. The number of carbonyl (C=O) groups excluding carboxylic acids is 2. The van der Waals surface area contributed by atoms with Crippen LogP contribution in [0.4, 0.5) is 0 Å². The van der Waals surface area contributed by atoms with E-state index in [1.807, 2.05) is 13.8 Å². The highest BCUT2D eigenvalue weighted by Crippen LogP contribution is 2.04. The summed E-state index contributed by atoms with van der Waals surface area (Å²) < 4.78 is 4.78. The number of carbonyl (C=O) groups is 2. The first-order valence-corrected chi connectivity index (χ1v) is 6.21. The normalized spacial score (nSPS) is 13.1. The summed E-state index contributed by atoms with van der Waals surface area (Å²) in [6.45, 7) is 6.57. The van der Waals surface area contributed by atoms with Crippen molar-refractivity contribution in [2.45, 2.75) is 46.1 Å². The largest absolute Gasteiger partial charge is 0.466 e. The van der Waals surface area contributed by atoms with E-state index >= 15 is 0 Å². The van der Waals surface area contributed by atoms with Crippen molar-refractivity contribution in [3.05, 3.63) is 0 Å². The number of rotatable bonds is 8. The Morgan fingerprint density at radius 1 is 1.33 bits per heavy atom. The maximum absolute atomic E-state index is 11.6. The molecule has 0 aromatic heterocycles. The predicted molar refractivity (Wildman–Crippen MR) is 73.6 cm³/mol. The first-order chi connectivity index (χ1) is 8.02. The van der Waals surface area contributed by atoms with Crippen LogP contribution in [0, 0.1) is 5.92 Å². The molecule has 2 atom stereocenters. The van der Waals surface area contributed by atoms with Crippen molar-refractivity contribution in [2.75, 3.05) is 13.2 Å². The van der Waals surface area contributed by atoms with Crippen LogP contribution in [0.1, 0.15) is 40.0 Å². The molecular formula is C12H25ClN2O3. The minimum absolute atomic E-state index is 0. The summed E-state index contributed by atoms with van der Waals surface area (Å²) in [5, 5.41) is 2.72. The van der Waals surface area contributed by atoms with E-state index < -0.39 is 6.04 Å². The molecule has 5 nitrogen and oxygen atoms in total. The van der Waals surface area contributed by atoms with E-state index in [-0.39, 0.29) is 30.2 Å². The van der Waals surface area contributed by atoms with Gasteiger partial charge in [-0.05, 0) is 19.3 Å². The fourth-order valence-corrected chi connectivity index (χ4v) is 1.31. The lowest BCUT2D eigenvalue weighted by Gasteiger charge is -2.17. The highest BCUT2D eigenvalue weighted by molar-refractivity contribution is 5.85. The van der Waals surface area contributed by atoms with Gasteiger partial charge in [0.25, 0.3) is 0 Å². The monoisotopic (exact) mass is 280 g/mol. The van der Waals surface area contributed by atoms with Crippen LogP contribution in [0.15, 0.2) is 0 Å². The van der Waals surface area contributed by atoms with Crippen LogP contribution in [0.3, 0.4) is 0 Å². The first-order valence-electron chi connectivity index (χ1n) is 6.21. The second-order valence-electron chi connectivity index (χ2n) is 4.11. The van der Waals surface area contributed by atoms with Gasteiger partial charge in [0.1, 0.15) is 0 Å². The predicted octanol–water partition coefficient (Wildman–Crippen LogP) is 1.24. The van der Waals surface area contributed by atoms with Crippen molar-refractivity contribution in [3.8, 4) is 0 Å². The molecule has 6 heteroatoms. The third-order valence-electron chi connectivity index (χ3n) is 2.72. The van der Waals surface area contributed by atoms with E-state index in [1.54, 1.807) is 6.92 Å². The molecule has 0 saturated heterocycles.